The molecule has 1 unspecified atom stereocenters. The van der Waals surface area contributed by atoms with Crippen LogP contribution < -0.4 is 9.47 Å². The van der Waals surface area contributed by atoms with Gasteiger partial charge in [0.2, 0.25) is 0 Å². The zero-order valence-corrected chi connectivity index (χ0v) is 20.3. The van der Waals surface area contributed by atoms with E-state index in [1.165, 1.54) is 11.8 Å². The van der Waals surface area contributed by atoms with Crippen LogP contribution >= 0.6 is 11.8 Å². The summed E-state index contributed by atoms with van der Waals surface area (Å²) in [5.74, 6) is 2.35. The Morgan fingerprint density at radius 2 is 1.73 bits per heavy atom. The normalized spacial score (nSPS) is 12.3. The van der Waals surface area contributed by atoms with E-state index in [2.05, 4.69) is 24.0 Å². The van der Waals surface area contributed by atoms with Crippen LogP contribution in [0.25, 0.3) is 10.9 Å². The van der Waals surface area contributed by atoms with Gasteiger partial charge in [0.05, 0.1) is 12.9 Å². The highest BCUT2D eigenvalue weighted by Crippen LogP contribution is 2.32. The largest absolute Gasteiger partial charge is 0.493 e. The van der Waals surface area contributed by atoms with Crippen LogP contribution in [0.3, 0.4) is 0 Å². The van der Waals surface area contributed by atoms with Crippen molar-refractivity contribution in [2.75, 3.05) is 12.9 Å². The second-order valence-electron chi connectivity index (χ2n) is 8.10. The Bertz CT molecular complexity index is 1280. The molecule has 0 aliphatic carbocycles. The summed E-state index contributed by atoms with van der Waals surface area (Å²) in [6.07, 6.45) is 1.55. The van der Waals surface area contributed by atoms with Crippen molar-refractivity contribution in [3.63, 3.8) is 0 Å². The molecule has 4 rings (SSSR count). The van der Waals surface area contributed by atoms with E-state index in [4.69, 9.17) is 9.47 Å². The average molecular weight is 465 g/mol. The number of aryl methyl sites for hydroxylation is 1. The number of aromatic nitrogens is 4. The summed E-state index contributed by atoms with van der Waals surface area (Å²) < 4.78 is 15.6. The number of rotatable bonds is 9. The molecule has 172 valence electrons. The van der Waals surface area contributed by atoms with E-state index in [1.807, 2.05) is 77.8 Å². The molecular formula is C25H28N4O3S. The maximum absolute atomic E-state index is 13.0. The molecule has 0 saturated heterocycles. The molecule has 7 nitrogen and oxygen atoms in total. The van der Waals surface area contributed by atoms with Gasteiger partial charge in [-0.05, 0) is 39.0 Å². The Morgan fingerprint density at radius 3 is 2.45 bits per heavy atom. The van der Waals surface area contributed by atoms with Crippen LogP contribution in [0.5, 0.6) is 11.5 Å². The third-order valence-electron chi connectivity index (χ3n) is 5.47. The highest BCUT2D eigenvalue weighted by molar-refractivity contribution is 7.99. The topological polar surface area (TPSA) is 71.2 Å². The molecule has 0 aliphatic heterocycles. The molecule has 2 heterocycles. The van der Waals surface area contributed by atoms with Gasteiger partial charge in [0.1, 0.15) is 0 Å². The third kappa shape index (κ3) is 4.61. The Balaban J connectivity index is 1.53. The molecule has 0 spiro atoms. The van der Waals surface area contributed by atoms with Crippen LogP contribution in [0, 0.1) is 0 Å². The summed E-state index contributed by atoms with van der Waals surface area (Å²) in [5, 5.41) is 10.5. The lowest BCUT2D eigenvalue weighted by atomic mass is 10.1. The minimum absolute atomic E-state index is 0.0648. The Morgan fingerprint density at radius 1 is 1.03 bits per heavy atom. The van der Waals surface area contributed by atoms with E-state index in [-0.39, 0.29) is 23.7 Å². The fourth-order valence-electron chi connectivity index (χ4n) is 3.88. The summed E-state index contributed by atoms with van der Waals surface area (Å²) in [6.45, 7) is 6.07. The number of thioether (sulfide) groups is 1. The van der Waals surface area contributed by atoms with E-state index in [1.54, 1.807) is 7.11 Å². The molecule has 0 radical (unpaired) electrons. The van der Waals surface area contributed by atoms with Crippen molar-refractivity contribution >= 4 is 28.4 Å². The number of benzene rings is 2. The van der Waals surface area contributed by atoms with Crippen molar-refractivity contribution in [3.05, 3.63) is 66.1 Å². The van der Waals surface area contributed by atoms with Gasteiger partial charge in [-0.1, -0.05) is 42.1 Å². The summed E-state index contributed by atoms with van der Waals surface area (Å²) >= 11 is 1.40. The first-order valence-electron chi connectivity index (χ1n) is 10.8. The smallest absolute Gasteiger partial charge is 0.192 e. The monoisotopic (exact) mass is 464 g/mol. The van der Waals surface area contributed by atoms with Crippen LogP contribution in [0.4, 0.5) is 0 Å². The number of ether oxygens (including phenoxy) is 2. The SMILES string of the molecule is COc1ccccc1OC(C)c1nnc(SCC(=O)c2cn(C)c3ccccc23)n1C(C)C. The number of para-hydroxylation sites is 3. The minimum Gasteiger partial charge on any atom is -0.493 e. The second-order valence-corrected chi connectivity index (χ2v) is 9.04. The molecular weight excluding hydrogens is 436 g/mol. The molecule has 0 aliphatic rings. The highest BCUT2D eigenvalue weighted by Gasteiger charge is 2.23. The van der Waals surface area contributed by atoms with E-state index in [9.17, 15) is 4.79 Å². The van der Waals surface area contributed by atoms with Crippen LogP contribution in [-0.2, 0) is 7.05 Å². The van der Waals surface area contributed by atoms with Gasteiger partial charge in [0, 0.05) is 35.8 Å². The lowest BCUT2D eigenvalue weighted by Crippen LogP contribution is -2.15. The van der Waals surface area contributed by atoms with Crippen molar-refractivity contribution in [1.82, 2.24) is 19.3 Å². The van der Waals surface area contributed by atoms with Gasteiger partial charge in [-0.2, -0.15) is 0 Å². The lowest BCUT2D eigenvalue weighted by Gasteiger charge is -2.19. The second kappa shape index (κ2) is 9.70. The fraction of sp³-hybridized carbons (Fsp3) is 0.320. The first-order valence-corrected chi connectivity index (χ1v) is 11.8. The highest BCUT2D eigenvalue weighted by atomic mass is 32.2. The predicted octanol–water partition coefficient (Wildman–Crippen LogP) is 5.47. The summed E-state index contributed by atoms with van der Waals surface area (Å²) in [4.78, 5) is 13.0. The molecule has 0 fully saturated rings. The summed E-state index contributed by atoms with van der Waals surface area (Å²) in [7, 11) is 3.57. The number of fused-ring (bicyclic) bond motifs is 1. The van der Waals surface area contributed by atoms with Crippen molar-refractivity contribution in [2.24, 2.45) is 7.05 Å². The van der Waals surface area contributed by atoms with Crippen molar-refractivity contribution < 1.29 is 14.3 Å². The van der Waals surface area contributed by atoms with Gasteiger partial charge in [-0.25, -0.2) is 0 Å². The van der Waals surface area contributed by atoms with E-state index < -0.39 is 0 Å². The Labute approximate surface area is 197 Å². The van der Waals surface area contributed by atoms with Gasteiger partial charge in [-0.3, -0.25) is 4.79 Å². The van der Waals surface area contributed by atoms with E-state index in [0.717, 1.165) is 16.5 Å². The van der Waals surface area contributed by atoms with Gasteiger partial charge < -0.3 is 18.6 Å². The van der Waals surface area contributed by atoms with Crippen molar-refractivity contribution in [3.8, 4) is 11.5 Å². The fourth-order valence-corrected chi connectivity index (χ4v) is 4.84. The lowest BCUT2D eigenvalue weighted by molar-refractivity contribution is 0.102. The van der Waals surface area contributed by atoms with Crippen LogP contribution in [0.2, 0.25) is 0 Å². The van der Waals surface area contributed by atoms with E-state index in [0.29, 0.717) is 22.5 Å². The number of hydrogen-bond donors (Lipinski definition) is 0. The van der Waals surface area contributed by atoms with E-state index >= 15 is 0 Å². The maximum Gasteiger partial charge on any atom is 0.192 e. The standard InChI is InChI=1S/C25H28N4O3S/c1-16(2)29-24(17(3)32-23-13-9-8-12-22(23)31-5)26-27-25(29)33-15-21(30)19-14-28(4)20-11-7-6-10-18(19)20/h6-14,16-17H,15H2,1-5H3. The third-order valence-corrected chi connectivity index (χ3v) is 6.42. The molecule has 0 saturated carbocycles. The van der Waals surface area contributed by atoms with Crippen LogP contribution in [0.15, 0.2) is 59.9 Å². The Kier molecular flexibility index (Phi) is 6.74. The molecule has 0 amide bonds. The predicted molar refractivity (Wildman–Crippen MR) is 130 cm³/mol. The van der Waals surface area contributed by atoms with Crippen LogP contribution in [0.1, 0.15) is 49.1 Å². The van der Waals surface area contributed by atoms with Gasteiger partial charge in [0.15, 0.2) is 34.4 Å². The summed E-state index contributed by atoms with van der Waals surface area (Å²) in [5.41, 5.74) is 1.77. The minimum atomic E-state index is -0.348. The zero-order chi connectivity index (χ0) is 23.5. The number of hydrogen-bond acceptors (Lipinski definition) is 6. The quantitative estimate of drug-likeness (QED) is 0.241. The van der Waals surface area contributed by atoms with Crippen molar-refractivity contribution in [2.45, 2.75) is 38.1 Å². The number of nitrogens with zero attached hydrogens (tertiary/aromatic N) is 4. The maximum atomic E-state index is 13.0. The Hall–Kier alpha value is -3.26. The number of carbonyl (C=O) groups is 1. The first-order chi connectivity index (χ1) is 15.9. The van der Waals surface area contributed by atoms with Gasteiger partial charge in [-0.15, -0.1) is 10.2 Å². The molecule has 2 aromatic heterocycles. The molecule has 2 aromatic carbocycles. The van der Waals surface area contributed by atoms with Gasteiger partial charge in [0.25, 0.3) is 0 Å². The zero-order valence-electron chi connectivity index (χ0n) is 19.5. The number of methoxy groups -OCH3 is 1. The number of Topliss-reactive ketones (excluding diaryl/α,β-unsaturated/α-hetero) is 1. The molecule has 0 bridgehead atoms. The number of carbonyl (C=O) groups excluding carboxylic acids is 1. The molecule has 8 heteroatoms. The molecule has 1 atom stereocenters. The average Bonchev–Trinajstić information content (AvgIpc) is 3.40. The summed E-state index contributed by atoms with van der Waals surface area (Å²) in [6, 6.07) is 15.6. The molecule has 33 heavy (non-hydrogen) atoms. The molecule has 0 N–H and O–H groups in total. The molecule has 4 aromatic rings. The van der Waals surface area contributed by atoms with Crippen LogP contribution in [-0.4, -0.2) is 38.0 Å². The van der Waals surface area contributed by atoms with Crippen molar-refractivity contribution in [1.29, 1.82) is 0 Å². The first kappa shape index (κ1) is 22.9. The van der Waals surface area contributed by atoms with Gasteiger partial charge >= 0.3 is 0 Å². The number of ketones is 1.